The maximum absolute atomic E-state index is 13.3. The van der Waals surface area contributed by atoms with Crippen LogP contribution >= 0.6 is 0 Å². The van der Waals surface area contributed by atoms with E-state index in [-0.39, 0.29) is 35.7 Å². The van der Waals surface area contributed by atoms with Crippen LogP contribution in [0.4, 0.5) is 10.1 Å². The van der Waals surface area contributed by atoms with Crippen LogP contribution in [0.5, 0.6) is 0 Å². The van der Waals surface area contributed by atoms with Gasteiger partial charge in [-0.1, -0.05) is 12.1 Å². The maximum atomic E-state index is 13.3. The van der Waals surface area contributed by atoms with E-state index in [9.17, 15) is 17.6 Å². The minimum atomic E-state index is -2.99. The second-order valence-corrected chi connectivity index (χ2v) is 7.05. The molecule has 0 radical (unpaired) electrons. The van der Waals surface area contributed by atoms with Gasteiger partial charge in [0.15, 0.2) is 9.84 Å². The summed E-state index contributed by atoms with van der Waals surface area (Å²) in [5.41, 5.74) is 0.351. The third-order valence-electron chi connectivity index (χ3n) is 3.14. The number of amides is 1. The van der Waals surface area contributed by atoms with Gasteiger partial charge in [0.1, 0.15) is 5.82 Å². The summed E-state index contributed by atoms with van der Waals surface area (Å²) in [6, 6.07) is 5.94. The van der Waals surface area contributed by atoms with Gasteiger partial charge in [-0.25, -0.2) is 12.8 Å². The van der Waals surface area contributed by atoms with Gasteiger partial charge in [-0.15, -0.1) is 0 Å². The molecule has 1 aliphatic rings. The molecule has 0 aliphatic carbocycles. The van der Waals surface area contributed by atoms with E-state index in [0.29, 0.717) is 18.7 Å². The first kappa shape index (κ1) is 14.8. The van der Waals surface area contributed by atoms with Crippen LogP contribution in [0, 0.1) is 5.82 Å². The third-order valence-corrected chi connectivity index (χ3v) is 4.91. The Kier molecular flexibility index (Phi) is 4.59. The SMILES string of the molecule is O=C(CCNc1ccccc1F)NC1CCS(=O)(=O)C1. The molecule has 1 unspecified atom stereocenters. The molecule has 1 aliphatic heterocycles. The van der Waals surface area contributed by atoms with Crippen LogP contribution in [0.15, 0.2) is 24.3 Å². The lowest BCUT2D eigenvalue weighted by atomic mass is 10.2. The van der Waals surface area contributed by atoms with E-state index in [4.69, 9.17) is 0 Å². The molecule has 1 fully saturated rings. The molecular formula is C13H17FN2O3S. The zero-order chi connectivity index (χ0) is 14.6. The van der Waals surface area contributed by atoms with Crippen molar-refractivity contribution in [1.82, 2.24) is 5.32 Å². The molecule has 110 valence electrons. The normalized spacial score (nSPS) is 20.6. The molecule has 0 spiro atoms. The van der Waals surface area contributed by atoms with Crippen LogP contribution in [0.1, 0.15) is 12.8 Å². The Balaban J connectivity index is 1.72. The largest absolute Gasteiger partial charge is 0.382 e. The van der Waals surface area contributed by atoms with E-state index in [1.165, 1.54) is 6.07 Å². The fraction of sp³-hybridized carbons (Fsp3) is 0.462. The van der Waals surface area contributed by atoms with Crippen molar-refractivity contribution in [2.24, 2.45) is 0 Å². The number of para-hydroxylation sites is 1. The second-order valence-electron chi connectivity index (χ2n) is 4.82. The number of nitrogens with one attached hydrogen (secondary N) is 2. The van der Waals surface area contributed by atoms with E-state index >= 15 is 0 Å². The molecule has 2 rings (SSSR count). The first-order valence-electron chi connectivity index (χ1n) is 6.44. The van der Waals surface area contributed by atoms with Gasteiger partial charge in [0.2, 0.25) is 5.91 Å². The number of hydrogen-bond donors (Lipinski definition) is 2. The minimum absolute atomic E-state index is 0.0134. The van der Waals surface area contributed by atoms with Crippen molar-refractivity contribution >= 4 is 21.4 Å². The zero-order valence-electron chi connectivity index (χ0n) is 10.9. The molecule has 1 heterocycles. The lowest BCUT2D eigenvalue weighted by Gasteiger charge is -2.11. The molecule has 1 aromatic carbocycles. The summed E-state index contributed by atoms with van der Waals surface area (Å²) < 4.78 is 35.8. The summed E-state index contributed by atoms with van der Waals surface area (Å²) >= 11 is 0. The first-order valence-corrected chi connectivity index (χ1v) is 8.26. The highest BCUT2D eigenvalue weighted by molar-refractivity contribution is 7.91. The van der Waals surface area contributed by atoms with Crippen LogP contribution in [0.25, 0.3) is 0 Å². The van der Waals surface area contributed by atoms with Crippen molar-refractivity contribution in [3.05, 3.63) is 30.1 Å². The van der Waals surface area contributed by atoms with Crippen LogP contribution in [0.2, 0.25) is 0 Å². The summed E-state index contributed by atoms with van der Waals surface area (Å²) in [6.07, 6.45) is 0.639. The van der Waals surface area contributed by atoms with Gasteiger partial charge >= 0.3 is 0 Å². The quantitative estimate of drug-likeness (QED) is 0.848. The van der Waals surface area contributed by atoms with E-state index in [1.54, 1.807) is 18.2 Å². The van der Waals surface area contributed by atoms with Crippen molar-refractivity contribution in [3.63, 3.8) is 0 Å². The molecule has 20 heavy (non-hydrogen) atoms. The van der Waals surface area contributed by atoms with Crippen LogP contribution in [0.3, 0.4) is 0 Å². The molecule has 0 saturated carbocycles. The standard InChI is InChI=1S/C13H17FN2O3S/c14-11-3-1-2-4-12(11)15-7-5-13(17)16-10-6-8-20(18,19)9-10/h1-4,10,15H,5-9H2,(H,16,17). The Hall–Kier alpha value is -1.63. The van der Waals surface area contributed by atoms with Gasteiger partial charge in [0.25, 0.3) is 0 Å². The predicted molar refractivity (Wildman–Crippen MR) is 74.7 cm³/mol. The molecule has 7 heteroatoms. The highest BCUT2D eigenvalue weighted by Gasteiger charge is 2.28. The van der Waals surface area contributed by atoms with E-state index in [0.717, 1.165) is 0 Å². The molecular weight excluding hydrogens is 283 g/mol. The molecule has 1 amide bonds. The van der Waals surface area contributed by atoms with Gasteiger partial charge in [-0.3, -0.25) is 4.79 Å². The average molecular weight is 300 g/mol. The van der Waals surface area contributed by atoms with Crippen molar-refractivity contribution in [3.8, 4) is 0 Å². The van der Waals surface area contributed by atoms with Gasteiger partial charge < -0.3 is 10.6 Å². The monoisotopic (exact) mass is 300 g/mol. The number of hydrogen-bond acceptors (Lipinski definition) is 4. The van der Waals surface area contributed by atoms with Gasteiger partial charge in [0.05, 0.1) is 17.2 Å². The van der Waals surface area contributed by atoms with E-state index in [2.05, 4.69) is 10.6 Å². The van der Waals surface area contributed by atoms with Crippen LogP contribution in [-0.4, -0.2) is 38.4 Å². The van der Waals surface area contributed by atoms with Gasteiger partial charge in [-0.2, -0.15) is 0 Å². The Morgan fingerprint density at radius 1 is 1.35 bits per heavy atom. The number of sulfone groups is 1. The Morgan fingerprint density at radius 2 is 2.10 bits per heavy atom. The lowest BCUT2D eigenvalue weighted by Crippen LogP contribution is -2.36. The Morgan fingerprint density at radius 3 is 2.75 bits per heavy atom. The van der Waals surface area contributed by atoms with Crippen molar-refractivity contribution in [1.29, 1.82) is 0 Å². The molecule has 0 aromatic heterocycles. The van der Waals surface area contributed by atoms with E-state index < -0.39 is 9.84 Å². The zero-order valence-corrected chi connectivity index (χ0v) is 11.7. The van der Waals surface area contributed by atoms with Crippen LogP contribution < -0.4 is 10.6 Å². The van der Waals surface area contributed by atoms with Gasteiger partial charge in [0, 0.05) is 19.0 Å². The number of halogens is 1. The first-order chi connectivity index (χ1) is 9.46. The van der Waals surface area contributed by atoms with Crippen molar-refractivity contribution < 1.29 is 17.6 Å². The molecule has 5 nitrogen and oxygen atoms in total. The Bertz CT molecular complexity index is 589. The van der Waals surface area contributed by atoms with Gasteiger partial charge in [-0.05, 0) is 18.6 Å². The molecule has 1 saturated heterocycles. The van der Waals surface area contributed by atoms with Crippen molar-refractivity contribution in [2.45, 2.75) is 18.9 Å². The fourth-order valence-corrected chi connectivity index (χ4v) is 3.80. The highest BCUT2D eigenvalue weighted by atomic mass is 32.2. The topological polar surface area (TPSA) is 75.3 Å². The summed E-state index contributed by atoms with van der Waals surface area (Å²) in [7, 11) is -2.99. The highest BCUT2D eigenvalue weighted by Crippen LogP contribution is 2.13. The van der Waals surface area contributed by atoms with Crippen LogP contribution in [-0.2, 0) is 14.6 Å². The second kappa shape index (κ2) is 6.21. The molecule has 1 atom stereocenters. The number of anilines is 1. The summed E-state index contributed by atoms with van der Waals surface area (Å²) in [5.74, 6) is -0.448. The van der Waals surface area contributed by atoms with E-state index in [1.807, 2.05) is 0 Å². The number of carbonyl (C=O) groups excluding carboxylic acids is 1. The smallest absolute Gasteiger partial charge is 0.222 e. The molecule has 2 N–H and O–H groups in total. The maximum Gasteiger partial charge on any atom is 0.222 e. The number of benzene rings is 1. The lowest BCUT2D eigenvalue weighted by molar-refractivity contribution is -0.121. The summed E-state index contributed by atoms with van der Waals surface area (Å²) in [5, 5.41) is 5.51. The molecule has 0 bridgehead atoms. The summed E-state index contributed by atoms with van der Waals surface area (Å²) in [6.45, 7) is 0.298. The molecule has 1 aromatic rings. The fourth-order valence-electron chi connectivity index (χ4n) is 2.12. The average Bonchev–Trinajstić information content (AvgIpc) is 2.71. The number of rotatable bonds is 5. The third kappa shape index (κ3) is 4.19. The Labute approximate surface area is 117 Å². The summed E-state index contributed by atoms with van der Waals surface area (Å²) in [4.78, 5) is 11.6. The van der Waals surface area contributed by atoms with Crippen molar-refractivity contribution in [2.75, 3.05) is 23.4 Å². The predicted octanol–water partition coefficient (Wildman–Crippen LogP) is 0.931. The number of carbonyl (C=O) groups is 1. The minimum Gasteiger partial charge on any atom is -0.382 e.